The van der Waals surface area contributed by atoms with Crippen molar-refractivity contribution >= 4 is 44.8 Å². The Labute approximate surface area is 322 Å². The van der Waals surface area contributed by atoms with E-state index in [1.54, 1.807) is 88.3 Å². The highest BCUT2D eigenvalue weighted by Crippen LogP contribution is 2.46. The molecule has 0 amide bonds. The summed E-state index contributed by atoms with van der Waals surface area (Å²) in [7, 11) is 6.81. The van der Waals surface area contributed by atoms with Gasteiger partial charge in [-0.05, 0) is 82.3 Å². The lowest BCUT2D eigenvalue weighted by Gasteiger charge is -2.39. The number of ether oxygens (including phenoxy) is 9. The summed E-state index contributed by atoms with van der Waals surface area (Å²) in [5, 5.41) is 2.57. The van der Waals surface area contributed by atoms with E-state index in [9.17, 15) is 8.42 Å². The first-order valence-electron chi connectivity index (χ1n) is 17.2. The Morgan fingerprint density at radius 3 is 1.02 bits per heavy atom. The highest BCUT2D eigenvalue weighted by molar-refractivity contribution is 7.92. The monoisotopic (exact) mass is 787 g/mol. The minimum atomic E-state index is -3.79. The van der Waals surface area contributed by atoms with E-state index in [0.29, 0.717) is 75.7 Å². The molecule has 0 spiro atoms. The molecule has 1 aliphatic heterocycles. The lowest BCUT2D eigenvalue weighted by Crippen LogP contribution is -2.68. The minimum absolute atomic E-state index is 0.231. The summed E-state index contributed by atoms with van der Waals surface area (Å²) < 4.78 is 81.0. The molecule has 5 aromatic carbocycles. The van der Waals surface area contributed by atoms with Crippen molar-refractivity contribution in [2.45, 2.75) is 15.8 Å². The summed E-state index contributed by atoms with van der Waals surface area (Å²) in [5.74, 6) is 3.99. The van der Waals surface area contributed by atoms with Crippen LogP contribution in [0.15, 0.2) is 94.7 Å². The second-order valence-electron chi connectivity index (χ2n) is 12.5. The van der Waals surface area contributed by atoms with Gasteiger partial charge in [-0.2, -0.15) is 0 Å². The van der Waals surface area contributed by atoms with Crippen LogP contribution in [0.4, 0.5) is 11.4 Å². The summed E-state index contributed by atoms with van der Waals surface area (Å²) in [6, 6.07) is 26.4. The van der Waals surface area contributed by atoms with Gasteiger partial charge in [-0.15, -0.1) is 0 Å². The van der Waals surface area contributed by atoms with Crippen LogP contribution in [-0.4, -0.2) is 87.0 Å². The molecule has 0 N–H and O–H groups in total. The molecule has 6 rings (SSSR count). The molecule has 0 bridgehead atoms. The summed E-state index contributed by atoms with van der Waals surface area (Å²) in [6.07, 6.45) is 0. The maximum Gasteiger partial charge on any atom is 0.210 e. The van der Waals surface area contributed by atoms with E-state index in [1.807, 2.05) is 60.7 Å². The zero-order valence-corrected chi connectivity index (χ0v) is 34.2. The van der Waals surface area contributed by atoms with E-state index in [2.05, 4.69) is 4.90 Å². The lowest BCUT2D eigenvalue weighted by atomic mass is 10.2. The molecule has 0 aliphatic carbocycles. The van der Waals surface area contributed by atoms with Gasteiger partial charge in [-0.25, -0.2) is 8.42 Å². The number of benzene rings is 5. The molecule has 0 saturated carbocycles. The van der Waals surface area contributed by atoms with E-state index in [0.717, 1.165) is 15.6 Å². The number of fused-ring (bicyclic) bond motifs is 2. The van der Waals surface area contributed by atoms with Gasteiger partial charge in [0.15, 0.2) is 42.6 Å². The van der Waals surface area contributed by atoms with E-state index in [4.69, 9.17) is 42.6 Å². The van der Waals surface area contributed by atoms with Crippen molar-refractivity contribution in [3.63, 3.8) is 0 Å². The van der Waals surface area contributed by atoms with Crippen LogP contribution in [0.2, 0.25) is 6.04 Å². The Morgan fingerprint density at radius 1 is 0.455 bits per heavy atom. The number of hydrogen-bond donors (Lipinski definition) is 0. The summed E-state index contributed by atoms with van der Waals surface area (Å²) in [5.41, 5.74) is 1.15. The van der Waals surface area contributed by atoms with Crippen LogP contribution >= 0.6 is 0 Å². The Morgan fingerprint density at radius 2 is 0.745 bits per heavy atom. The Balaban J connectivity index is 1.76. The number of para-hydroxylation sites is 2. The van der Waals surface area contributed by atoms with Gasteiger partial charge in [0.05, 0.1) is 85.2 Å². The maximum atomic E-state index is 14.0. The minimum Gasteiger partial charge on any atom is -0.493 e. The van der Waals surface area contributed by atoms with Crippen molar-refractivity contribution in [2.24, 2.45) is 0 Å². The highest BCUT2D eigenvalue weighted by atomic mass is 32.2. The third-order valence-electron chi connectivity index (χ3n) is 10.1. The van der Waals surface area contributed by atoms with Crippen LogP contribution < -0.4 is 63.1 Å². The molecule has 0 fully saturated rings. The molecule has 0 aromatic heterocycles. The number of methoxy groups -OCH3 is 9. The third kappa shape index (κ3) is 6.48. The van der Waals surface area contributed by atoms with Crippen LogP contribution in [-0.2, 0) is 9.84 Å². The number of rotatable bonds is 15. The normalized spacial score (nSPS) is 12.9. The van der Waals surface area contributed by atoms with Crippen molar-refractivity contribution in [2.75, 3.05) is 75.4 Å². The molecule has 290 valence electrons. The average Bonchev–Trinajstić information content (AvgIpc) is 3.23. The molecule has 1 aliphatic rings. The SMILES string of the molecule is COc1cc([Si](CCN2c3ccccc3S(=O)(=O)c3ccccc32)(c2cc(OC)c(OC)c(OC)c2)c2cc(OC)c(OC)c(OC)c2)cc(OC)c1OC. The van der Waals surface area contributed by atoms with Crippen molar-refractivity contribution in [1.29, 1.82) is 0 Å². The van der Waals surface area contributed by atoms with Crippen molar-refractivity contribution in [1.82, 2.24) is 0 Å². The first kappa shape index (κ1) is 39.0. The van der Waals surface area contributed by atoms with Gasteiger partial charge >= 0.3 is 0 Å². The Hall–Kier alpha value is -5.73. The first-order chi connectivity index (χ1) is 26.6. The number of anilines is 2. The first-order valence-corrected chi connectivity index (χ1v) is 20.9. The van der Waals surface area contributed by atoms with Crippen LogP contribution in [0.3, 0.4) is 0 Å². The van der Waals surface area contributed by atoms with Crippen LogP contribution in [0.5, 0.6) is 51.7 Å². The zero-order chi connectivity index (χ0) is 39.5. The molecular formula is C41H45NO11SSi. The van der Waals surface area contributed by atoms with Gasteiger partial charge in [0.1, 0.15) is 0 Å². The fourth-order valence-electron chi connectivity index (χ4n) is 7.50. The smallest absolute Gasteiger partial charge is 0.210 e. The average molecular weight is 788 g/mol. The van der Waals surface area contributed by atoms with Crippen LogP contribution in [0.25, 0.3) is 0 Å². The molecule has 0 atom stereocenters. The second kappa shape index (κ2) is 15.9. The van der Waals surface area contributed by atoms with E-state index < -0.39 is 17.9 Å². The number of sulfone groups is 1. The van der Waals surface area contributed by atoms with E-state index >= 15 is 0 Å². The molecule has 0 saturated heterocycles. The summed E-state index contributed by atoms with van der Waals surface area (Å²) in [4.78, 5) is 2.53. The van der Waals surface area contributed by atoms with Gasteiger partial charge < -0.3 is 47.5 Å². The molecule has 0 radical (unpaired) electrons. The van der Waals surface area contributed by atoms with Crippen molar-refractivity contribution in [3.8, 4) is 51.7 Å². The standard InChI is InChI=1S/C41H45NO11SSi/c1-45-31-20-26(21-32(46-2)39(31)51-7)55(27-22-33(47-3)40(52-8)34(23-27)48-4,28-24-35(49-5)41(53-9)36(25-28)50-6)19-18-42-29-14-10-12-16-37(29)54(43,44)38-17-13-11-15-30(38)42/h10-17,20-25H,18-19H2,1-9H3. The molecule has 0 unspecified atom stereocenters. The molecule has 5 aromatic rings. The molecule has 55 heavy (non-hydrogen) atoms. The van der Waals surface area contributed by atoms with Crippen molar-refractivity contribution < 1.29 is 51.0 Å². The van der Waals surface area contributed by atoms with Crippen molar-refractivity contribution in [3.05, 3.63) is 84.9 Å². The van der Waals surface area contributed by atoms with Crippen LogP contribution in [0, 0.1) is 0 Å². The maximum absolute atomic E-state index is 14.0. The topological polar surface area (TPSA) is 120 Å². The summed E-state index contributed by atoms with van der Waals surface area (Å²) in [6.45, 7) is 0.361. The van der Waals surface area contributed by atoms with Gasteiger partial charge in [0.25, 0.3) is 0 Å². The third-order valence-corrected chi connectivity index (χ3v) is 16.7. The highest BCUT2D eigenvalue weighted by Gasteiger charge is 2.45. The predicted octanol–water partition coefficient (Wildman–Crippen LogP) is 5.22. The van der Waals surface area contributed by atoms with Gasteiger partial charge in [-0.3, -0.25) is 0 Å². The largest absolute Gasteiger partial charge is 0.493 e. The fraction of sp³-hybridized carbons (Fsp3) is 0.268. The van der Waals surface area contributed by atoms with Gasteiger partial charge in [0, 0.05) is 6.54 Å². The van der Waals surface area contributed by atoms with Crippen LogP contribution in [0.1, 0.15) is 0 Å². The quantitative estimate of drug-likeness (QED) is 0.102. The molecule has 1 heterocycles. The van der Waals surface area contributed by atoms with E-state index in [-0.39, 0.29) is 9.79 Å². The van der Waals surface area contributed by atoms with Gasteiger partial charge in [0.2, 0.25) is 27.1 Å². The summed E-state index contributed by atoms with van der Waals surface area (Å²) >= 11 is 0. The van der Waals surface area contributed by atoms with Gasteiger partial charge in [-0.1, -0.05) is 24.3 Å². The fourth-order valence-corrected chi connectivity index (χ4v) is 13.8. The second-order valence-corrected chi connectivity index (χ2v) is 18.4. The number of hydrogen-bond acceptors (Lipinski definition) is 12. The zero-order valence-electron chi connectivity index (χ0n) is 32.3. The molecule has 12 nitrogen and oxygen atoms in total. The number of nitrogens with zero attached hydrogens (tertiary/aromatic N) is 1. The van der Waals surface area contributed by atoms with E-state index in [1.165, 1.54) is 0 Å². The Kier molecular flexibility index (Phi) is 11.3. The predicted molar refractivity (Wildman–Crippen MR) is 213 cm³/mol. The Bertz CT molecular complexity index is 2030. The lowest BCUT2D eigenvalue weighted by molar-refractivity contribution is 0.324. The molecule has 14 heteroatoms. The molecular weight excluding hydrogens is 743 g/mol.